The fraction of sp³-hybridized carbons (Fsp3) is 0.350. The van der Waals surface area contributed by atoms with Crippen molar-refractivity contribution in [2.45, 2.75) is 19.5 Å². The molecule has 2 N–H and O–H groups in total. The number of nitrogens with zero attached hydrogens (tertiary/aromatic N) is 2. The van der Waals surface area contributed by atoms with Crippen molar-refractivity contribution in [3.63, 3.8) is 0 Å². The normalized spacial score (nSPS) is 12.5. The van der Waals surface area contributed by atoms with E-state index in [4.69, 9.17) is 0 Å². The number of nitrogens with one attached hydrogen (secondary N) is 2. The SMILES string of the molecule is CN=C(NCc1ccc(C)c(F)c1)NCC(c1ccccc1)N(C)C.I. The molecule has 2 aromatic rings. The number of halogens is 2. The molecule has 0 spiro atoms. The number of benzene rings is 2. The van der Waals surface area contributed by atoms with E-state index in [9.17, 15) is 4.39 Å². The van der Waals surface area contributed by atoms with E-state index in [0.717, 1.165) is 12.1 Å². The van der Waals surface area contributed by atoms with Crippen LogP contribution in [-0.4, -0.2) is 38.5 Å². The van der Waals surface area contributed by atoms with Crippen molar-refractivity contribution >= 4 is 29.9 Å². The van der Waals surface area contributed by atoms with Crippen LogP contribution < -0.4 is 10.6 Å². The van der Waals surface area contributed by atoms with Crippen molar-refractivity contribution in [2.75, 3.05) is 27.7 Å². The van der Waals surface area contributed by atoms with Gasteiger partial charge >= 0.3 is 0 Å². The molecule has 0 saturated carbocycles. The van der Waals surface area contributed by atoms with Gasteiger partial charge in [-0.05, 0) is 43.8 Å². The van der Waals surface area contributed by atoms with E-state index in [1.54, 1.807) is 26.1 Å². The lowest BCUT2D eigenvalue weighted by Crippen LogP contribution is -2.41. The van der Waals surface area contributed by atoms with Crippen LogP contribution in [0.4, 0.5) is 4.39 Å². The van der Waals surface area contributed by atoms with Crippen molar-refractivity contribution in [3.8, 4) is 0 Å². The molecule has 0 amide bonds. The van der Waals surface area contributed by atoms with E-state index in [1.165, 1.54) is 5.56 Å². The first-order valence-corrected chi connectivity index (χ1v) is 8.42. The van der Waals surface area contributed by atoms with Crippen LogP contribution in [0.1, 0.15) is 22.7 Å². The van der Waals surface area contributed by atoms with Gasteiger partial charge in [0.25, 0.3) is 0 Å². The zero-order valence-electron chi connectivity index (χ0n) is 15.8. The van der Waals surface area contributed by atoms with E-state index >= 15 is 0 Å². The topological polar surface area (TPSA) is 39.7 Å². The standard InChI is InChI=1S/C20H27FN4.HI/c1-15-10-11-16(12-18(15)21)13-23-20(22-2)24-14-19(25(3)4)17-8-6-5-7-9-17;/h5-12,19H,13-14H2,1-4H3,(H2,22,23,24);1H. The van der Waals surface area contributed by atoms with Crippen molar-refractivity contribution in [3.05, 3.63) is 71.0 Å². The lowest BCUT2D eigenvalue weighted by atomic mass is 10.1. The average Bonchev–Trinajstić information content (AvgIpc) is 2.61. The average molecular weight is 470 g/mol. The largest absolute Gasteiger partial charge is 0.354 e. The molecule has 142 valence electrons. The molecule has 6 heteroatoms. The summed E-state index contributed by atoms with van der Waals surface area (Å²) in [5, 5.41) is 6.58. The van der Waals surface area contributed by atoms with Crippen molar-refractivity contribution in [2.24, 2.45) is 4.99 Å². The molecule has 0 radical (unpaired) electrons. The number of hydrogen-bond donors (Lipinski definition) is 2. The first kappa shape index (κ1) is 22.4. The number of rotatable bonds is 6. The third-order valence-electron chi connectivity index (χ3n) is 4.19. The molecular weight excluding hydrogens is 442 g/mol. The van der Waals surface area contributed by atoms with Crippen LogP contribution in [0.2, 0.25) is 0 Å². The maximum absolute atomic E-state index is 13.6. The van der Waals surface area contributed by atoms with Gasteiger partial charge in [0, 0.05) is 20.1 Å². The Labute approximate surface area is 172 Å². The van der Waals surface area contributed by atoms with E-state index in [2.05, 4.69) is 46.8 Å². The Morgan fingerprint density at radius 2 is 1.81 bits per heavy atom. The highest BCUT2D eigenvalue weighted by Crippen LogP contribution is 2.16. The van der Waals surface area contributed by atoms with Crippen molar-refractivity contribution in [1.82, 2.24) is 15.5 Å². The summed E-state index contributed by atoms with van der Waals surface area (Å²) in [7, 11) is 5.85. The Hall–Kier alpha value is -1.67. The highest BCUT2D eigenvalue weighted by atomic mass is 127. The summed E-state index contributed by atoms with van der Waals surface area (Å²) in [5.41, 5.74) is 2.79. The van der Waals surface area contributed by atoms with Crippen LogP contribution in [-0.2, 0) is 6.54 Å². The lowest BCUT2D eigenvalue weighted by molar-refractivity contribution is 0.298. The minimum atomic E-state index is -0.181. The second kappa shape index (κ2) is 11.1. The molecule has 2 aromatic carbocycles. The molecule has 0 aromatic heterocycles. The zero-order chi connectivity index (χ0) is 18.2. The number of likely N-dealkylation sites (N-methyl/N-ethyl adjacent to an activating group) is 1. The Morgan fingerprint density at radius 1 is 1.12 bits per heavy atom. The first-order chi connectivity index (χ1) is 12.0. The Morgan fingerprint density at radius 3 is 2.38 bits per heavy atom. The number of hydrogen-bond acceptors (Lipinski definition) is 2. The highest BCUT2D eigenvalue weighted by Gasteiger charge is 2.14. The van der Waals surface area contributed by atoms with Gasteiger partial charge < -0.3 is 15.5 Å². The maximum Gasteiger partial charge on any atom is 0.191 e. The summed E-state index contributed by atoms with van der Waals surface area (Å²) in [6.07, 6.45) is 0. The van der Waals surface area contributed by atoms with Gasteiger partial charge in [-0.15, -0.1) is 24.0 Å². The molecule has 4 nitrogen and oxygen atoms in total. The van der Waals surface area contributed by atoms with Gasteiger partial charge in [-0.2, -0.15) is 0 Å². The molecule has 0 saturated heterocycles. The predicted molar refractivity (Wildman–Crippen MR) is 118 cm³/mol. The molecule has 0 heterocycles. The number of aryl methyl sites for hydroxylation is 1. The van der Waals surface area contributed by atoms with Crippen LogP contribution in [0.3, 0.4) is 0 Å². The number of aliphatic imine (C=N–C) groups is 1. The minimum absolute atomic E-state index is 0. The van der Waals surface area contributed by atoms with Crippen LogP contribution in [0.15, 0.2) is 53.5 Å². The van der Waals surface area contributed by atoms with Crippen molar-refractivity contribution in [1.29, 1.82) is 0 Å². The summed E-state index contributed by atoms with van der Waals surface area (Å²) in [5.74, 6) is 0.516. The molecule has 0 aliphatic rings. The molecule has 0 fully saturated rings. The van der Waals surface area contributed by atoms with Crippen LogP contribution in [0.5, 0.6) is 0 Å². The smallest absolute Gasteiger partial charge is 0.191 e. The Kier molecular flexibility index (Phi) is 9.58. The highest BCUT2D eigenvalue weighted by molar-refractivity contribution is 14.0. The quantitative estimate of drug-likeness (QED) is 0.384. The molecule has 26 heavy (non-hydrogen) atoms. The Bertz CT molecular complexity index is 704. The monoisotopic (exact) mass is 470 g/mol. The molecule has 0 aliphatic carbocycles. The molecule has 2 rings (SSSR count). The van der Waals surface area contributed by atoms with E-state index in [0.29, 0.717) is 18.1 Å². The maximum atomic E-state index is 13.6. The van der Waals surface area contributed by atoms with Gasteiger partial charge in [-0.25, -0.2) is 4.39 Å². The fourth-order valence-electron chi connectivity index (χ4n) is 2.62. The molecule has 1 unspecified atom stereocenters. The van der Waals surface area contributed by atoms with E-state index in [-0.39, 0.29) is 35.8 Å². The van der Waals surface area contributed by atoms with Crippen molar-refractivity contribution < 1.29 is 4.39 Å². The number of guanidine groups is 1. The summed E-state index contributed by atoms with van der Waals surface area (Å²) in [6, 6.07) is 15.9. The van der Waals surface area contributed by atoms with Gasteiger partial charge in [0.15, 0.2) is 5.96 Å². The van der Waals surface area contributed by atoms with Crippen LogP contribution in [0.25, 0.3) is 0 Å². The second-order valence-electron chi connectivity index (χ2n) is 6.28. The lowest BCUT2D eigenvalue weighted by Gasteiger charge is -2.26. The second-order valence-corrected chi connectivity index (χ2v) is 6.28. The van der Waals surface area contributed by atoms with Gasteiger partial charge in [0.05, 0.1) is 6.04 Å². The summed E-state index contributed by atoms with van der Waals surface area (Å²) < 4.78 is 13.6. The van der Waals surface area contributed by atoms with Gasteiger partial charge in [-0.3, -0.25) is 4.99 Å². The predicted octanol–water partition coefficient (Wildman–Crippen LogP) is 3.72. The third kappa shape index (κ3) is 6.57. The Balaban J connectivity index is 0.00000338. The zero-order valence-corrected chi connectivity index (χ0v) is 18.1. The summed E-state index contributed by atoms with van der Waals surface area (Å²) >= 11 is 0. The van der Waals surface area contributed by atoms with Crippen LogP contribution >= 0.6 is 24.0 Å². The summed E-state index contributed by atoms with van der Waals surface area (Å²) in [4.78, 5) is 6.42. The first-order valence-electron chi connectivity index (χ1n) is 8.42. The van der Waals surface area contributed by atoms with Gasteiger partial charge in [0.2, 0.25) is 0 Å². The van der Waals surface area contributed by atoms with E-state index < -0.39 is 0 Å². The van der Waals surface area contributed by atoms with Gasteiger partial charge in [-0.1, -0.05) is 42.5 Å². The summed E-state index contributed by atoms with van der Waals surface area (Å²) in [6.45, 7) is 3.01. The minimum Gasteiger partial charge on any atom is -0.354 e. The molecule has 0 bridgehead atoms. The molecular formula is C20H28FIN4. The molecule has 0 aliphatic heterocycles. The fourth-order valence-corrected chi connectivity index (χ4v) is 2.62. The van der Waals surface area contributed by atoms with Crippen LogP contribution in [0, 0.1) is 12.7 Å². The van der Waals surface area contributed by atoms with Gasteiger partial charge in [0.1, 0.15) is 5.82 Å². The van der Waals surface area contributed by atoms with E-state index in [1.807, 2.05) is 24.3 Å². The molecule has 1 atom stereocenters. The third-order valence-corrected chi connectivity index (χ3v) is 4.19.